The minimum absolute atomic E-state index is 0.463. The monoisotopic (exact) mass is 283 g/mol. The summed E-state index contributed by atoms with van der Waals surface area (Å²) >= 11 is 0. The molecule has 2 aromatic rings. The Morgan fingerprint density at radius 1 is 1.10 bits per heavy atom. The van der Waals surface area contributed by atoms with E-state index in [1.807, 2.05) is 42.5 Å². The second-order valence-corrected chi connectivity index (χ2v) is 5.15. The highest BCUT2D eigenvalue weighted by atomic mass is 16.4. The van der Waals surface area contributed by atoms with E-state index in [4.69, 9.17) is 5.11 Å². The van der Waals surface area contributed by atoms with E-state index in [-0.39, 0.29) is 0 Å². The molecule has 0 bridgehead atoms. The van der Waals surface area contributed by atoms with Crippen LogP contribution in [0.5, 0.6) is 0 Å². The quantitative estimate of drug-likeness (QED) is 0.874. The lowest BCUT2D eigenvalue weighted by Gasteiger charge is -2.23. The molecular formula is C18H21NO2. The van der Waals surface area contributed by atoms with Crippen molar-refractivity contribution in [2.24, 2.45) is 0 Å². The van der Waals surface area contributed by atoms with Gasteiger partial charge in [0.25, 0.3) is 0 Å². The van der Waals surface area contributed by atoms with E-state index in [0.29, 0.717) is 0 Å². The van der Waals surface area contributed by atoms with E-state index in [0.717, 1.165) is 18.7 Å². The average molecular weight is 283 g/mol. The molecule has 0 radical (unpaired) electrons. The number of hydrogen-bond acceptors (Lipinski definition) is 2. The topological polar surface area (TPSA) is 40.5 Å². The molecule has 1 unspecified atom stereocenters. The number of hydrogen-bond donors (Lipinski definition) is 1. The maximum Gasteiger partial charge on any atom is 0.310 e. The lowest BCUT2D eigenvalue weighted by molar-refractivity contribution is -0.138. The minimum Gasteiger partial charge on any atom is -0.481 e. The van der Waals surface area contributed by atoms with Gasteiger partial charge in [0.05, 0.1) is 5.92 Å². The van der Waals surface area contributed by atoms with Gasteiger partial charge in [-0.2, -0.15) is 0 Å². The van der Waals surface area contributed by atoms with Crippen LogP contribution in [0.3, 0.4) is 0 Å². The first-order chi connectivity index (χ1) is 10.1. The van der Waals surface area contributed by atoms with Crippen molar-refractivity contribution in [1.82, 2.24) is 0 Å². The van der Waals surface area contributed by atoms with Crippen molar-refractivity contribution in [1.29, 1.82) is 0 Å². The molecule has 3 heteroatoms. The first-order valence-corrected chi connectivity index (χ1v) is 7.23. The summed E-state index contributed by atoms with van der Waals surface area (Å²) in [4.78, 5) is 13.3. The molecule has 0 saturated heterocycles. The van der Waals surface area contributed by atoms with E-state index in [1.165, 1.54) is 11.3 Å². The molecule has 21 heavy (non-hydrogen) atoms. The SMILES string of the molecule is CCN(Cc1ccc(C(C)C(=O)O)cc1)c1ccccc1. The first kappa shape index (κ1) is 15.1. The molecule has 0 aliphatic carbocycles. The van der Waals surface area contributed by atoms with Crippen LogP contribution in [-0.4, -0.2) is 17.6 Å². The maximum absolute atomic E-state index is 11.0. The van der Waals surface area contributed by atoms with Crippen LogP contribution >= 0.6 is 0 Å². The Kier molecular flexibility index (Phi) is 4.99. The standard InChI is InChI=1S/C18H21NO2/c1-3-19(17-7-5-4-6-8-17)13-15-9-11-16(12-10-15)14(2)18(20)21/h4-12,14H,3,13H2,1-2H3,(H,20,21). The van der Waals surface area contributed by atoms with Gasteiger partial charge in [-0.15, -0.1) is 0 Å². The summed E-state index contributed by atoms with van der Waals surface area (Å²) in [7, 11) is 0. The fourth-order valence-corrected chi connectivity index (χ4v) is 2.30. The van der Waals surface area contributed by atoms with Gasteiger partial charge in [-0.05, 0) is 37.1 Å². The third-order valence-electron chi connectivity index (χ3n) is 3.73. The van der Waals surface area contributed by atoms with Crippen LogP contribution in [0.2, 0.25) is 0 Å². The molecule has 2 rings (SSSR count). The van der Waals surface area contributed by atoms with Gasteiger partial charge in [0.1, 0.15) is 0 Å². The Morgan fingerprint density at radius 3 is 2.24 bits per heavy atom. The summed E-state index contributed by atoms with van der Waals surface area (Å²) in [5.74, 6) is -1.25. The number of para-hydroxylation sites is 1. The van der Waals surface area contributed by atoms with Crippen LogP contribution in [0.4, 0.5) is 5.69 Å². The molecule has 0 fully saturated rings. The molecule has 110 valence electrons. The van der Waals surface area contributed by atoms with Crippen LogP contribution in [0, 0.1) is 0 Å². The van der Waals surface area contributed by atoms with E-state index in [1.54, 1.807) is 6.92 Å². The Hall–Kier alpha value is -2.29. The zero-order valence-electron chi connectivity index (χ0n) is 12.5. The molecule has 0 aliphatic heterocycles. The van der Waals surface area contributed by atoms with E-state index in [2.05, 4.69) is 24.0 Å². The summed E-state index contributed by atoms with van der Waals surface area (Å²) in [6.45, 7) is 5.59. The smallest absolute Gasteiger partial charge is 0.310 e. The number of nitrogens with zero attached hydrogens (tertiary/aromatic N) is 1. The molecule has 0 saturated carbocycles. The van der Waals surface area contributed by atoms with Gasteiger partial charge in [0, 0.05) is 18.8 Å². The fourth-order valence-electron chi connectivity index (χ4n) is 2.30. The number of carboxylic acids is 1. The fraction of sp³-hybridized carbons (Fsp3) is 0.278. The summed E-state index contributed by atoms with van der Waals surface area (Å²) in [6.07, 6.45) is 0. The van der Waals surface area contributed by atoms with Crippen molar-refractivity contribution in [2.45, 2.75) is 26.3 Å². The van der Waals surface area contributed by atoms with Crippen LogP contribution in [-0.2, 0) is 11.3 Å². The number of benzene rings is 2. The summed E-state index contributed by atoms with van der Waals surface area (Å²) in [6, 6.07) is 18.1. The largest absolute Gasteiger partial charge is 0.481 e. The van der Waals surface area contributed by atoms with Crippen LogP contribution < -0.4 is 4.90 Å². The van der Waals surface area contributed by atoms with Gasteiger partial charge in [-0.3, -0.25) is 4.79 Å². The van der Waals surface area contributed by atoms with Crippen LogP contribution in [0.25, 0.3) is 0 Å². The predicted molar refractivity (Wildman–Crippen MR) is 85.7 cm³/mol. The Morgan fingerprint density at radius 2 is 1.71 bits per heavy atom. The molecule has 1 atom stereocenters. The highest BCUT2D eigenvalue weighted by molar-refractivity contribution is 5.75. The molecular weight excluding hydrogens is 262 g/mol. The molecule has 2 aromatic carbocycles. The minimum atomic E-state index is -0.790. The van der Waals surface area contributed by atoms with Crippen LogP contribution in [0.15, 0.2) is 54.6 Å². The van der Waals surface area contributed by atoms with Crippen molar-refractivity contribution in [2.75, 3.05) is 11.4 Å². The van der Waals surface area contributed by atoms with Gasteiger partial charge in [-0.25, -0.2) is 0 Å². The zero-order valence-corrected chi connectivity index (χ0v) is 12.5. The Balaban J connectivity index is 2.10. The molecule has 3 nitrogen and oxygen atoms in total. The number of carbonyl (C=O) groups is 1. The number of anilines is 1. The number of rotatable bonds is 6. The van der Waals surface area contributed by atoms with Crippen LogP contribution in [0.1, 0.15) is 30.9 Å². The van der Waals surface area contributed by atoms with Gasteiger partial charge in [0.15, 0.2) is 0 Å². The summed E-state index contributed by atoms with van der Waals surface area (Å²) in [5.41, 5.74) is 3.22. The predicted octanol–water partition coefficient (Wildman–Crippen LogP) is 3.90. The third-order valence-corrected chi connectivity index (χ3v) is 3.73. The molecule has 0 spiro atoms. The van der Waals surface area contributed by atoms with Gasteiger partial charge in [-0.1, -0.05) is 42.5 Å². The van der Waals surface area contributed by atoms with Crippen molar-refractivity contribution in [3.63, 3.8) is 0 Å². The lowest BCUT2D eigenvalue weighted by Crippen LogP contribution is -2.21. The van der Waals surface area contributed by atoms with Gasteiger partial charge >= 0.3 is 5.97 Å². The number of aliphatic carboxylic acids is 1. The van der Waals surface area contributed by atoms with Crippen molar-refractivity contribution in [3.05, 3.63) is 65.7 Å². The highest BCUT2D eigenvalue weighted by Crippen LogP contribution is 2.19. The average Bonchev–Trinajstić information content (AvgIpc) is 2.53. The van der Waals surface area contributed by atoms with E-state index in [9.17, 15) is 4.79 Å². The Bertz CT molecular complexity index is 578. The van der Waals surface area contributed by atoms with Crippen molar-refractivity contribution in [3.8, 4) is 0 Å². The molecule has 0 aromatic heterocycles. The molecule has 1 N–H and O–H groups in total. The molecule has 0 aliphatic rings. The van der Waals surface area contributed by atoms with E-state index < -0.39 is 11.9 Å². The second kappa shape index (κ2) is 6.93. The lowest BCUT2D eigenvalue weighted by atomic mass is 10.00. The van der Waals surface area contributed by atoms with Gasteiger partial charge in [0.2, 0.25) is 0 Å². The zero-order chi connectivity index (χ0) is 15.2. The molecule has 0 amide bonds. The third kappa shape index (κ3) is 3.85. The Labute approximate surface area is 125 Å². The van der Waals surface area contributed by atoms with Crippen molar-refractivity contribution >= 4 is 11.7 Å². The normalized spacial score (nSPS) is 11.9. The molecule has 0 heterocycles. The van der Waals surface area contributed by atoms with Gasteiger partial charge < -0.3 is 10.0 Å². The first-order valence-electron chi connectivity index (χ1n) is 7.23. The summed E-state index contributed by atoms with van der Waals surface area (Å²) < 4.78 is 0. The number of carboxylic acid groups (broad SMARTS) is 1. The van der Waals surface area contributed by atoms with Crippen molar-refractivity contribution < 1.29 is 9.90 Å². The van der Waals surface area contributed by atoms with E-state index >= 15 is 0 Å². The highest BCUT2D eigenvalue weighted by Gasteiger charge is 2.13. The second-order valence-electron chi connectivity index (χ2n) is 5.15. The maximum atomic E-state index is 11.0. The summed E-state index contributed by atoms with van der Waals surface area (Å²) in [5, 5.41) is 9.03.